The van der Waals surface area contributed by atoms with Crippen LogP contribution in [0.3, 0.4) is 0 Å². The first-order valence-electron chi connectivity index (χ1n) is 5.12. The topological polar surface area (TPSA) is 26.0 Å². The van der Waals surface area contributed by atoms with Crippen LogP contribution in [-0.2, 0) is 0 Å². The zero-order chi connectivity index (χ0) is 8.36. The van der Waals surface area contributed by atoms with Crippen molar-refractivity contribution in [2.24, 2.45) is 5.73 Å². The molecule has 0 aromatic carbocycles. The standard InChI is InChI=1S/C6H12.C4H11N/c1-2-4-6-5-3-1;1-2-3-4-5/h1-6H2;2-5H2,1H3. The van der Waals surface area contributed by atoms with Gasteiger partial charge in [0.25, 0.3) is 0 Å². The molecule has 1 aliphatic rings. The molecule has 1 rings (SSSR count). The Balaban J connectivity index is 0.000000187. The summed E-state index contributed by atoms with van der Waals surface area (Å²) in [6, 6.07) is 0. The molecule has 0 atom stereocenters. The van der Waals surface area contributed by atoms with Crippen molar-refractivity contribution in [1.29, 1.82) is 0 Å². The number of unbranched alkanes of at least 4 members (excludes halogenated alkanes) is 1. The van der Waals surface area contributed by atoms with Gasteiger partial charge in [0.2, 0.25) is 0 Å². The first kappa shape index (κ1) is 11.0. The van der Waals surface area contributed by atoms with Crippen LogP contribution in [0.1, 0.15) is 58.3 Å². The predicted octanol–water partition coefficient (Wildman–Crippen LogP) is 3.09. The molecule has 1 fully saturated rings. The molecule has 0 unspecified atom stereocenters. The van der Waals surface area contributed by atoms with Gasteiger partial charge in [0.05, 0.1) is 0 Å². The van der Waals surface area contributed by atoms with E-state index in [1.54, 1.807) is 0 Å². The monoisotopic (exact) mass is 157 g/mol. The van der Waals surface area contributed by atoms with Gasteiger partial charge in [0.1, 0.15) is 0 Å². The summed E-state index contributed by atoms with van der Waals surface area (Å²) in [5.41, 5.74) is 5.14. The summed E-state index contributed by atoms with van der Waals surface area (Å²) in [6.45, 7) is 2.98. The van der Waals surface area contributed by atoms with E-state index in [-0.39, 0.29) is 0 Å². The minimum Gasteiger partial charge on any atom is -0.330 e. The van der Waals surface area contributed by atoms with E-state index in [1.165, 1.54) is 51.4 Å². The molecule has 0 heterocycles. The largest absolute Gasteiger partial charge is 0.330 e. The van der Waals surface area contributed by atoms with Crippen LogP contribution in [0.25, 0.3) is 0 Å². The van der Waals surface area contributed by atoms with Crippen LogP contribution in [-0.4, -0.2) is 6.54 Å². The summed E-state index contributed by atoms with van der Waals surface area (Å²) in [5, 5.41) is 0. The molecule has 0 saturated heterocycles. The van der Waals surface area contributed by atoms with E-state index in [4.69, 9.17) is 5.73 Å². The predicted molar refractivity (Wildman–Crippen MR) is 51.7 cm³/mol. The average Bonchev–Trinajstić information content (AvgIpc) is 2.10. The minimum absolute atomic E-state index is 0.844. The van der Waals surface area contributed by atoms with Crippen molar-refractivity contribution in [1.82, 2.24) is 0 Å². The van der Waals surface area contributed by atoms with E-state index < -0.39 is 0 Å². The van der Waals surface area contributed by atoms with Gasteiger partial charge in [-0.05, 0) is 13.0 Å². The Labute approximate surface area is 71.4 Å². The van der Waals surface area contributed by atoms with Crippen LogP contribution in [0.5, 0.6) is 0 Å². The van der Waals surface area contributed by atoms with Gasteiger partial charge in [-0.3, -0.25) is 0 Å². The van der Waals surface area contributed by atoms with Crippen molar-refractivity contribution in [2.75, 3.05) is 6.54 Å². The third-order valence-electron chi connectivity index (χ3n) is 2.06. The number of rotatable bonds is 2. The van der Waals surface area contributed by atoms with Gasteiger partial charge >= 0.3 is 0 Å². The van der Waals surface area contributed by atoms with Gasteiger partial charge < -0.3 is 5.73 Å². The highest BCUT2D eigenvalue weighted by Crippen LogP contribution is 2.15. The molecule has 1 aliphatic carbocycles. The fraction of sp³-hybridized carbons (Fsp3) is 1.00. The van der Waals surface area contributed by atoms with E-state index in [0.717, 1.165) is 6.54 Å². The van der Waals surface area contributed by atoms with E-state index in [2.05, 4.69) is 6.92 Å². The zero-order valence-corrected chi connectivity index (χ0v) is 7.94. The van der Waals surface area contributed by atoms with Gasteiger partial charge in [-0.1, -0.05) is 51.9 Å². The van der Waals surface area contributed by atoms with E-state index in [9.17, 15) is 0 Å². The Kier molecular flexibility index (Phi) is 9.92. The Bertz CT molecular complexity index is 44.4. The third kappa shape index (κ3) is 9.96. The van der Waals surface area contributed by atoms with Gasteiger partial charge in [0.15, 0.2) is 0 Å². The SMILES string of the molecule is C1CCCCC1.CCCCN. The third-order valence-corrected chi connectivity index (χ3v) is 2.06. The Morgan fingerprint density at radius 3 is 1.36 bits per heavy atom. The van der Waals surface area contributed by atoms with E-state index in [1.807, 2.05) is 0 Å². The normalized spacial score (nSPS) is 16.9. The summed E-state index contributed by atoms with van der Waals surface area (Å²) in [6.07, 6.45) is 11.4. The summed E-state index contributed by atoms with van der Waals surface area (Å²) in [5.74, 6) is 0. The lowest BCUT2D eigenvalue weighted by Crippen LogP contribution is -1.95. The fourth-order valence-corrected chi connectivity index (χ4v) is 1.26. The van der Waals surface area contributed by atoms with Crippen LogP contribution < -0.4 is 5.73 Å². The fourth-order valence-electron chi connectivity index (χ4n) is 1.26. The highest BCUT2D eigenvalue weighted by Gasteiger charge is 1.95. The second-order valence-electron chi connectivity index (χ2n) is 3.26. The molecule has 0 spiro atoms. The van der Waals surface area contributed by atoms with Crippen molar-refractivity contribution in [3.63, 3.8) is 0 Å². The molecule has 2 N–H and O–H groups in total. The van der Waals surface area contributed by atoms with E-state index >= 15 is 0 Å². The molecule has 0 aromatic rings. The van der Waals surface area contributed by atoms with Crippen molar-refractivity contribution in [3.8, 4) is 0 Å². The Morgan fingerprint density at radius 1 is 0.909 bits per heavy atom. The molecular weight excluding hydrogens is 134 g/mol. The zero-order valence-electron chi connectivity index (χ0n) is 7.94. The Hall–Kier alpha value is -0.0400. The number of nitrogens with two attached hydrogens (primary N) is 1. The van der Waals surface area contributed by atoms with Gasteiger partial charge in [-0.2, -0.15) is 0 Å². The van der Waals surface area contributed by atoms with Crippen LogP contribution in [0.15, 0.2) is 0 Å². The Morgan fingerprint density at radius 2 is 1.27 bits per heavy atom. The average molecular weight is 157 g/mol. The molecule has 0 amide bonds. The summed E-state index contributed by atoms with van der Waals surface area (Å²) in [4.78, 5) is 0. The van der Waals surface area contributed by atoms with E-state index in [0.29, 0.717) is 0 Å². The first-order chi connectivity index (χ1) is 5.41. The highest BCUT2D eigenvalue weighted by atomic mass is 14.5. The van der Waals surface area contributed by atoms with Crippen molar-refractivity contribution < 1.29 is 0 Å². The number of hydrogen-bond donors (Lipinski definition) is 1. The lowest BCUT2D eigenvalue weighted by Gasteiger charge is -2.05. The number of hydrogen-bond acceptors (Lipinski definition) is 1. The van der Waals surface area contributed by atoms with Gasteiger partial charge in [-0.25, -0.2) is 0 Å². The summed E-state index contributed by atoms with van der Waals surface area (Å²) in [7, 11) is 0. The van der Waals surface area contributed by atoms with Gasteiger partial charge in [-0.15, -0.1) is 0 Å². The molecule has 1 saturated carbocycles. The molecule has 0 aliphatic heterocycles. The maximum atomic E-state index is 5.14. The minimum atomic E-state index is 0.844. The first-order valence-corrected chi connectivity index (χ1v) is 5.12. The highest BCUT2D eigenvalue weighted by molar-refractivity contribution is 4.51. The molecule has 11 heavy (non-hydrogen) atoms. The molecular formula is C10H23N. The molecule has 1 nitrogen and oxygen atoms in total. The lowest BCUT2D eigenvalue weighted by molar-refractivity contribution is 0.504. The van der Waals surface area contributed by atoms with Crippen LogP contribution in [0.2, 0.25) is 0 Å². The molecule has 1 heteroatoms. The van der Waals surface area contributed by atoms with Crippen molar-refractivity contribution in [2.45, 2.75) is 58.3 Å². The van der Waals surface area contributed by atoms with Gasteiger partial charge in [0, 0.05) is 0 Å². The van der Waals surface area contributed by atoms with Crippen molar-refractivity contribution in [3.05, 3.63) is 0 Å². The van der Waals surface area contributed by atoms with Crippen LogP contribution >= 0.6 is 0 Å². The lowest BCUT2D eigenvalue weighted by atomic mass is 10.0. The molecule has 68 valence electrons. The second kappa shape index (κ2) is 9.96. The van der Waals surface area contributed by atoms with Crippen LogP contribution in [0, 0.1) is 0 Å². The summed E-state index contributed by atoms with van der Waals surface area (Å²) < 4.78 is 0. The van der Waals surface area contributed by atoms with Crippen LogP contribution in [0.4, 0.5) is 0 Å². The smallest absolute Gasteiger partial charge is 0.00774 e. The maximum absolute atomic E-state index is 5.14. The molecule has 0 aromatic heterocycles. The summed E-state index contributed by atoms with van der Waals surface area (Å²) >= 11 is 0. The maximum Gasteiger partial charge on any atom is -0.00774 e. The van der Waals surface area contributed by atoms with Crippen molar-refractivity contribution >= 4 is 0 Å². The molecule has 0 bridgehead atoms. The second-order valence-corrected chi connectivity index (χ2v) is 3.26. The quantitative estimate of drug-likeness (QED) is 0.655. The molecule has 0 radical (unpaired) electrons.